The van der Waals surface area contributed by atoms with Crippen LogP contribution in [0.2, 0.25) is 5.02 Å². The van der Waals surface area contributed by atoms with Gasteiger partial charge < -0.3 is 14.6 Å². The number of benzene rings is 1. The average Bonchev–Trinajstić information content (AvgIpc) is 3.31. The van der Waals surface area contributed by atoms with Crippen LogP contribution in [-0.2, 0) is 11.3 Å². The molecule has 1 fully saturated rings. The summed E-state index contributed by atoms with van der Waals surface area (Å²) in [6.45, 7) is 4.45. The lowest BCUT2D eigenvalue weighted by molar-refractivity contribution is -0.119. The van der Waals surface area contributed by atoms with Crippen LogP contribution in [0.1, 0.15) is 51.5 Å². The fourth-order valence-corrected chi connectivity index (χ4v) is 4.32. The van der Waals surface area contributed by atoms with Gasteiger partial charge in [0.05, 0.1) is 10.8 Å². The summed E-state index contributed by atoms with van der Waals surface area (Å²) in [6.07, 6.45) is 4.05. The second-order valence-electron chi connectivity index (χ2n) is 6.76. The fourth-order valence-electron chi connectivity index (χ4n) is 3.29. The first-order chi connectivity index (χ1) is 13.5. The van der Waals surface area contributed by atoms with Gasteiger partial charge in [0.25, 0.3) is 0 Å². The third-order valence-corrected chi connectivity index (χ3v) is 5.94. The summed E-state index contributed by atoms with van der Waals surface area (Å²) in [5, 5.41) is 12.4. The summed E-state index contributed by atoms with van der Waals surface area (Å²) in [4.78, 5) is 12.2. The smallest absolute Gasteiger partial charge is 0.230 e. The molecule has 152 valence electrons. The second kappa shape index (κ2) is 9.60. The maximum absolute atomic E-state index is 13.2. The number of ether oxygens (including phenoxy) is 1. The van der Waals surface area contributed by atoms with E-state index in [-0.39, 0.29) is 10.9 Å². The van der Waals surface area contributed by atoms with E-state index >= 15 is 0 Å². The van der Waals surface area contributed by atoms with Crippen molar-refractivity contribution < 1.29 is 13.9 Å². The average molecular weight is 427 g/mol. The minimum Gasteiger partial charge on any atom is -0.481 e. The van der Waals surface area contributed by atoms with Gasteiger partial charge in [-0.3, -0.25) is 4.79 Å². The number of nitrogens with one attached hydrogen (secondary N) is 1. The lowest BCUT2D eigenvalue weighted by Crippen LogP contribution is -2.33. The number of amides is 1. The van der Waals surface area contributed by atoms with Crippen molar-refractivity contribution in [3.05, 3.63) is 34.9 Å². The molecular formula is C19H24ClFN4O2S. The molecular weight excluding hydrogens is 403 g/mol. The van der Waals surface area contributed by atoms with Crippen LogP contribution in [0.5, 0.6) is 5.75 Å². The van der Waals surface area contributed by atoms with Crippen molar-refractivity contribution in [2.24, 2.45) is 0 Å². The Morgan fingerprint density at radius 1 is 1.43 bits per heavy atom. The lowest BCUT2D eigenvalue weighted by Gasteiger charge is -2.16. The summed E-state index contributed by atoms with van der Waals surface area (Å²) in [6, 6.07) is 4.30. The van der Waals surface area contributed by atoms with E-state index in [1.807, 2.05) is 18.4 Å². The fraction of sp³-hybridized carbons (Fsp3) is 0.526. The van der Waals surface area contributed by atoms with Gasteiger partial charge in [0.1, 0.15) is 11.6 Å². The van der Waals surface area contributed by atoms with Gasteiger partial charge in [-0.05, 0) is 44.9 Å². The van der Waals surface area contributed by atoms with E-state index in [1.54, 1.807) is 0 Å². The van der Waals surface area contributed by atoms with Gasteiger partial charge in [-0.1, -0.05) is 36.2 Å². The van der Waals surface area contributed by atoms with Crippen molar-refractivity contribution in [1.29, 1.82) is 0 Å². The standard InChI is InChI=1S/C19H24ClFN4O2S/c1-3-25-18(12(2)27-16-9-8-13(21)10-15(16)20)23-24-19(25)28-11-17(26)22-14-6-4-5-7-14/h8-10,12,14H,3-7,11H2,1-2H3,(H,22,26). The van der Waals surface area contributed by atoms with Crippen LogP contribution < -0.4 is 10.1 Å². The monoisotopic (exact) mass is 426 g/mol. The lowest BCUT2D eigenvalue weighted by atomic mass is 10.2. The number of nitrogens with zero attached hydrogens (tertiary/aromatic N) is 3. The summed E-state index contributed by atoms with van der Waals surface area (Å²) < 4.78 is 21.0. The minimum atomic E-state index is -0.433. The van der Waals surface area contributed by atoms with Crippen molar-refractivity contribution in [3.8, 4) is 5.75 Å². The highest BCUT2D eigenvalue weighted by molar-refractivity contribution is 7.99. The molecule has 1 aliphatic carbocycles. The topological polar surface area (TPSA) is 69.0 Å². The molecule has 1 N–H and O–H groups in total. The number of hydrogen-bond acceptors (Lipinski definition) is 5. The highest BCUT2D eigenvalue weighted by Gasteiger charge is 2.21. The minimum absolute atomic E-state index is 0.0199. The molecule has 0 radical (unpaired) electrons. The quantitative estimate of drug-likeness (QED) is 0.634. The normalized spacial score (nSPS) is 15.6. The molecule has 1 aromatic heterocycles. The first-order valence-electron chi connectivity index (χ1n) is 9.45. The first kappa shape index (κ1) is 20.9. The van der Waals surface area contributed by atoms with Crippen LogP contribution in [0.25, 0.3) is 0 Å². The zero-order chi connectivity index (χ0) is 20.1. The predicted molar refractivity (Wildman–Crippen MR) is 107 cm³/mol. The summed E-state index contributed by atoms with van der Waals surface area (Å²) >= 11 is 7.40. The Morgan fingerprint density at radius 3 is 2.86 bits per heavy atom. The molecule has 0 spiro atoms. The maximum atomic E-state index is 13.2. The molecule has 0 bridgehead atoms. The van der Waals surface area contributed by atoms with E-state index < -0.39 is 11.9 Å². The molecule has 2 aromatic rings. The molecule has 1 aromatic carbocycles. The Morgan fingerprint density at radius 2 is 2.18 bits per heavy atom. The van der Waals surface area contributed by atoms with E-state index in [2.05, 4.69) is 15.5 Å². The Hall–Kier alpha value is -1.80. The summed E-state index contributed by atoms with van der Waals surface area (Å²) in [7, 11) is 0. The molecule has 28 heavy (non-hydrogen) atoms. The number of carbonyl (C=O) groups excluding carboxylic acids is 1. The van der Waals surface area contributed by atoms with Crippen molar-refractivity contribution in [2.75, 3.05) is 5.75 Å². The second-order valence-corrected chi connectivity index (χ2v) is 8.11. The Bertz CT molecular complexity index is 826. The molecule has 1 atom stereocenters. The molecule has 1 unspecified atom stereocenters. The summed E-state index contributed by atoms with van der Waals surface area (Å²) in [5.74, 6) is 0.906. The van der Waals surface area contributed by atoms with E-state index in [0.717, 1.165) is 12.8 Å². The van der Waals surface area contributed by atoms with Crippen LogP contribution in [0.3, 0.4) is 0 Å². The molecule has 1 aliphatic rings. The largest absolute Gasteiger partial charge is 0.481 e. The van der Waals surface area contributed by atoms with Gasteiger partial charge in [-0.2, -0.15) is 0 Å². The van der Waals surface area contributed by atoms with Crippen LogP contribution in [0.4, 0.5) is 4.39 Å². The molecule has 1 amide bonds. The van der Waals surface area contributed by atoms with Crippen LogP contribution in [0, 0.1) is 5.82 Å². The van der Waals surface area contributed by atoms with Crippen molar-refractivity contribution in [3.63, 3.8) is 0 Å². The molecule has 1 heterocycles. The summed E-state index contributed by atoms with van der Waals surface area (Å²) in [5.41, 5.74) is 0. The van der Waals surface area contributed by atoms with E-state index in [0.29, 0.717) is 35.1 Å². The highest BCUT2D eigenvalue weighted by atomic mass is 35.5. The van der Waals surface area contributed by atoms with Crippen molar-refractivity contribution in [1.82, 2.24) is 20.1 Å². The van der Waals surface area contributed by atoms with Crippen LogP contribution >= 0.6 is 23.4 Å². The van der Waals surface area contributed by atoms with Gasteiger partial charge in [-0.25, -0.2) is 4.39 Å². The van der Waals surface area contributed by atoms with Gasteiger partial charge in [-0.15, -0.1) is 10.2 Å². The Balaban J connectivity index is 1.62. The third kappa shape index (κ3) is 5.17. The van der Waals surface area contributed by atoms with E-state index in [4.69, 9.17) is 16.3 Å². The van der Waals surface area contributed by atoms with E-state index in [1.165, 1.54) is 42.8 Å². The number of rotatable bonds is 8. The number of hydrogen-bond donors (Lipinski definition) is 1. The number of halogens is 2. The van der Waals surface area contributed by atoms with Gasteiger partial charge in [0, 0.05) is 12.6 Å². The van der Waals surface area contributed by atoms with E-state index in [9.17, 15) is 9.18 Å². The van der Waals surface area contributed by atoms with Gasteiger partial charge in [0.15, 0.2) is 17.1 Å². The number of aromatic nitrogens is 3. The van der Waals surface area contributed by atoms with Gasteiger partial charge in [0.2, 0.25) is 5.91 Å². The molecule has 3 rings (SSSR count). The molecule has 1 saturated carbocycles. The Labute approximate surface area is 173 Å². The number of thioether (sulfide) groups is 1. The third-order valence-electron chi connectivity index (χ3n) is 4.68. The SMILES string of the molecule is CCn1c(SCC(=O)NC2CCCC2)nnc1C(C)Oc1ccc(F)cc1Cl. The molecule has 9 heteroatoms. The van der Waals surface area contributed by atoms with Crippen LogP contribution in [-0.4, -0.2) is 32.5 Å². The Kier molecular flexibility index (Phi) is 7.18. The van der Waals surface area contributed by atoms with Gasteiger partial charge >= 0.3 is 0 Å². The zero-order valence-corrected chi connectivity index (χ0v) is 17.5. The molecule has 6 nitrogen and oxygen atoms in total. The van der Waals surface area contributed by atoms with Crippen LogP contribution in [0.15, 0.2) is 23.4 Å². The molecule has 0 aliphatic heterocycles. The maximum Gasteiger partial charge on any atom is 0.230 e. The van der Waals surface area contributed by atoms with Crippen molar-refractivity contribution >= 4 is 29.3 Å². The van der Waals surface area contributed by atoms with Crippen molar-refractivity contribution in [2.45, 2.75) is 63.4 Å². The predicted octanol–water partition coefficient (Wildman–Crippen LogP) is 4.38. The molecule has 0 saturated heterocycles. The highest BCUT2D eigenvalue weighted by Crippen LogP contribution is 2.30. The first-order valence-corrected chi connectivity index (χ1v) is 10.8. The zero-order valence-electron chi connectivity index (χ0n) is 16.0. The number of carbonyl (C=O) groups is 1.